The Morgan fingerprint density at radius 2 is 1.86 bits per heavy atom. The lowest BCUT2D eigenvalue weighted by Crippen LogP contribution is -2.36. The summed E-state index contributed by atoms with van der Waals surface area (Å²) in [7, 11) is 0. The first-order valence-corrected chi connectivity index (χ1v) is 7.86. The first-order valence-electron chi connectivity index (χ1n) is 7.86. The van der Waals surface area contributed by atoms with Crippen LogP contribution in [0, 0.1) is 17.8 Å². The van der Waals surface area contributed by atoms with Crippen LogP contribution in [0.25, 0.3) is 11.0 Å². The van der Waals surface area contributed by atoms with Crippen LogP contribution in [-0.4, -0.2) is 9.97 Å². The molecule has 0 aliphatic heterocycles. The molecule has 4 unspecified atom stereocenters. The average molecular weight is 284 g/mol. The Labute approximate surface area is 126 Å². The van der Waals surface area contributed by atoms with Gasteiger partial charge in [-0.3, -0.25) is 21.2 Å². The second-order valence-corrected chi connectivity index (χ2v) is 6.48. The van der Waals surface area contributed by atoms with Crippen LogP contribution in [0.15, 0.2) is 30.6 Å². The molecule has 0 bridgehead atoms. The summed E-state index contributed by atoms with van der Waals surface area (Å²) in [6.45, 7) is 4.72. The lowest BCUT2D eigenvalue weighted by atomic mass is 9.72. The second kappa shape index (κ2) is 6.08. The third-order valence-electron chi connectivity index (χ3n) is 5.14. The highest BCUT2D eigenvalue weighted by Gasteiger charge is 2.30. The predicted molar refractivity (Wildman–Crippen MR) is 85.3 cm³/mol. The third kappa shape index (κ3) is 2.92. The summed E-state index contributed by atoms with van der Waals surface area (Å²) >= 11 is 0. The van der Waals surface area contributed by atoms with E-state index in [1.54, 1.807) is 12.4 Å². The predicted octanol–water partition coefficient (Wildman–Crippen LogP) is 3.21. The van der Waals surface area contributed by atoms with Gasteiger partial charge in [0.25, 0.3) is 0 Å². The Kier molecular flexibility index (Phi) is 4.17. The monoisotopic (exact) mass is 284 g/mol. The minimum atomic E-state index is 0.200. The van der Waals surface area contributed by atoms with Gasteiger partial charge in [-0.2, -0.15) is 0 Å². The highest BCUT2D eigenvalue weighted by Crippen LogP contribution is 2.39. The van der Waals surface area contributed by atoms with Gasteiger partial charge in [0, 0.05) is 18.4 Å². The SMILES string of the molecule is CC1CCC(C(NN)c2ccc3nccnc3c2)CC1C. The molecule has 1 aromatic heterocycles. The van der Waals surface area contributed by atoms with Crippen molar-refractivity contribution in [2.45, 2.75) is 39.2 Å². The van der Waals surface area contributed by atoms with E-state index in [1.165, 1.54) is 24.8 Å². The maximum Gasteiger partial charge on any atom is 0.0890 e. The number of nitrogens with one attached hydrogen (secondary N) is 1. The van der Waals surface area contributed by atoms with Crippen molar-refractivity contribution in [2.24, 2.45) is 23.6 Å². The molecule has 3 N–H and O–H groups in total. The standard InChI is InChI=1S/C17H24N4/c1-11-3-4-13(9-12(11)2)17(21-18)14-5-6-15-16(10-14)20-8-7-19-15/h5-8,10-13,17,21H,3-4,9,18H2,1-2H3. The smallest absolute Gasteiger partial charge is 0.0890 e. The van der Waals surface area contributed by atoms with Crippen LogP contribution in [-0.2, 0) is 0 Å². The van der Waals surface area contributed by atoms with E-state index in [2.05, 4.69) is 41.4 Å². The highest BCUT2D eigenvalue weighted by atomic mass is 15.2. The van der Waals surface area contributed by atoms with Crippen LogP contribution in [0.5, 0.6) is 0 Å². The van der Waals surface area contributed by atoms with Gasteiger partial charge >= 0.3 is 0 Å². The first kappa shape index (κ1) is 14.4. The maximum atomic E-state index is 5.87. The molecule has 112 valence electrons. The van der Waals surface area contributed by atoms with E-state index in [4.69, 9.17) is 5.84 Å². The fourth-order valence-electron chi connectivity index (χ4n) is 3.57. The van der Waals surface area contributed by atoms with E-state index in [-0.39, 0.29) is 6.04 Å². The summed E-state index contributed by atoms with van der Waals surface area (Å²) in [5.74, 6) is 8.05. The molecule has 1 aromatic carbocycles. The fraction of sp³-hybridized carbons (Fsp3) is 0.529. The van der Waals surface area contributed by atoms with E-state index in [1.807, 2.05) is 6.07 Å². The second-order valence-electron chi connectivity index (χ2n) is 6.48. The van der Waals surface area contributed by atoms with Crippen molar-refractivity contribution in [1.29, 1.82) is 0 Å². The van der Waals surface area contributed by atoms with Crippen molar-refractivity contribution in [3.05, 3.63) is 36.2 Å². The zero-order valence-electron chi connectivity index (χ0n) is 12.8. The van der Waals surface area contributed by atoms with Gasteiger partial charge in [0.2, 0.25) is 0 Å². The van der Waals surface area contributed by atoms with Gasteiger partial charge in [0.15, 0.2) is 0 Å². The van der Waals surface area contributed by atoms with Gasteiger partial charge in [-0.25, -0.2) is 0 Å². The van der Waals surface area contributed by atoms with Gasteiger partial charge in [-0.15, -0.1) is 0 Å². The molecular formula is C17H24N4. The molecule has 0 saturated heterocycles. The van der Waals surface area contributed by atoms with Crippen molar-refractivity contribution in [1.82, 2.24) is 15.4 Å². The van der Waals surface area contributed by atoms with Gasteiger partial charge in [0.05, 0.1) is 11.0 Å². The highest BCUT2D eigenvalue weighted by molar-refractivity contribution is 5.74. The number of rotatable bonds is 3. The number of benzene rings is 1. The van der Waals surface area contributed by atoms with Crippen molar-refractivity contribution in [3.63, 3.8) is 0 Å². The number of nitrogens with two attached hydrogens (primary N) is 1. The molecule has 4 nitrogen and oxygen atoms in total. The van der Waals surface area contributed by atoms with Crippen LogP contribution >= 0.6 is 0 Å². The molecule has 2 aromatic rings. The quantitative estimate of drug-likeness (QED) is 0.671. The minimum absolute atomic E-state index is 0.200. The Morgan fingerprint density at radius 1 is 1.10 bits per heavy atom. The summed E-state index contributed by atoms with van der Waals surface area (Å²) in [6, 6.07) is 6.49. The summed E-state index contributed by atoms with van der Waals surface area (Å²) < 4.78 is 0. The number of hydrogen-bond acceptors (Lipinski definition) is 4. The van der Waals surface area contributed by atoms with Crippen molar-refractivity contribution >= 4 is 11.0 Å². The molecule has 1 fully saturated rings. The largest absolute Gasteiger partial charge is 0.271 e. The van der Waals surface area contributed by atoms with E-state index < -0.39 is 0 Å². The number of nitrogens with zero attached hydrogens (tertiary/aromatic N) is 2. The van der Waals surface area contributed by atoms with Gasteiger partial charge in [-0.1, -0.05) is 26.3 Å². The molecule has 3 rings (SSSR count). The third-order valence-corrected chi connectivity index (χ3v) is 5.14. The number of hydrogen-bond donors (Lipinski definition) is 2. The summed E-state index contributed by atoms with van der Waals surface area (Å²) in [5.41, 5.74) is 6.13. The van der Waals surface area contributed by atoms with Crippen LogP contribution in [0.1, 0.15) is 44.7 Å². The molecule has 21 heavy (non-hydrogen) atoms. The lowest BCUT2D eigenvalue weighted by Gasteiger charge is -2.36. The zero-order chi connectivity index (χ0) is 14.8. The van der Waals surface area contributed by atoms with E-state index in [0.717, 1.165) is 22.9 Å². The van der Waals surface area contributed by atoms with Crippen molar-refractivity contribution in [3.8, 4) is 0 Å². The van der Waals surface area contributed by atoms with E-state index in [0.29, 0.717) is 5.92 Å². The summed E-state index contributed by atoms with van der Waals surface area (Å²) in [6.07, 6.45) is 7.22. The van der Waals surface area contributed by atoms with E-state index in [9.17, 15) is 0 Å². The lowest BCUT2D eigenvalue weighted by molar-refractivity contribution is 0.171. The fourth-order valence-corrected chi connectivity index (χ4v) is 3.57. The van der Waals surface area contributed by atoms with Gasteiger partial charge in [0.1, 0.15) is 0 Å². The minimum Gasteiger partial charge on any atom is -0.271 e. The zero-order valence-corrected chi connectivity index (χ0v) is 12.8. The van der Waals surface area contributed by atoms with Crippen molar-refractivity contribution in [2.75, 3.05) is 0 Å². The van der Waals surface area contributed by atoms with Gasteiger partial charge < -0.3 is 0 Å². The molecular weight excluding hydrogens is 260 g/mol. The number of fused-ring (bicyclic) bond motifs is 1. The Balaban J connectivity index is 1.87. The maximum absolute atomic E-state index is 5.87. The molecule has 1 aliphatic rings. The summed E-state index contributed by atoms with van der Waals surface area (Å²) in [5, 5.41) is 0. The van der Waals surface area contributed by atoms with Crippen LogP contribution in [0.4, 0.5) is 0 Å². The molecule has 0 spiro atoms. The molecule has 1 saturated carbocycles. The Morgan fingerprint density at radius 3 is 2.57 bits per heavy atom. The molecule has 1 heterocycles. The molecule has 4 heteroatoms. The molecule has 4 atom stereocenters. The van der Waals surface area contributed by atoms with Crippen molar-refractivity contribution < 1.29 is 0 Å². The topological polar surface area (TPSA) is 63.8 Å². The van der Waals surface area contributed by atoms with Gasteiger partial charge in [-0.05, 0) is 48.3 Å². The Bertz CT molecular complexity index is 613. The Hall–Kier alpha value is -1.52. The number of aromatic nitrogens is 2. The average Bonchev–Trinajstić information content (AvgIpc) is 2.51. The molecule has 0 amide bonds. The first-order chi connectivity index (χ1) is 10.2. The van der Waals surface area contributed by atoms with E-state index >= 15 is 0 Å². The van der Waals surface area contributed by atoms with Crippen LogP contribution in [0.3, 0.4) is 0 Å². The van der Waals surface area contributed by atoms with Crippen LogP contribution in [0.2, 0.25) is 0 Å². The normalized spacial score (nSPS) is 27.7. The van der Waals surface area contributed by atoms with Crippen LogP contribution < -0.4 is 11.3 Å². The summed E-state index contributed by atoms with van der Waals surface area (Å²) in [4.78, 5) is 8.73. The molecule has 1 aliphatic carbocycles. The number of hydrazine groups is 1. The molecule has 0 radical (unpaired) electrons.